The minimum atomic E-state index is -0.0530. The van der Waals surface area contributed by atoms with Crippen LogP contribution in [-0.4, -0.2) is 21.2 Å². The van der Waals surface area contributed by atoms with Crippen molar-refractivity contribution < 1.29 is 4.79 Å². The van der Waals surface area contributed by atoms with Crippen LogP contribution in [0.3, 0.4) is 0 Å². The van der Waals surface area contributed by atoms with Gasteiger partial charge in [-0.2, -0.15) is 0 Å². The van der Waals surface area contributed by atoms with E-state index in [1.165, 1.54) is 11.8 Å². The van der Waals surface area contributed by atoms with Crippen LogP contribution in [0.4, 0.5) is 5.69 Å². The molecule has 1 aromatic heterocycles. The van der Waals surface area contributed by atoms with Crippen LogP contribution in [0.2, 0.25) is 0 Å². The number of aryl methyl sites for hydroxylation is 1. The summed E-state index contributed by atoms with van der Waals surface area (Å²) in [5.41, 5.74) is 5.07. The van der Waals surface area contributed by atoms with Crippen LogP contribution in [0.15, 0.2) is 96.3 Å². The van der Waals surface area contributed by atoms with Crippen LogP contribution in [0.5, 0.6) is 0 Å². The summed E-state index contributed by atoms with van der Waals surface area (Å²) in [6.45, 7) is 2.02. The Labute approximate surface area is 174 Å². The number of benzene rings is 3. The Morgan fingerprint density at radius 1 is 0.931 bits per heavy atom. The molecule has 0 fully saturated rings. The van der Waals surface area contributed by atoms with Gasteiger partial charge < -0.3 is 5.32 Å². The summed E-state index contributed by atoms with van der Waals surface area (Å²) in [6, 6.07) is 28.0. The molecule has 1 amide bonds. The van der Waals surface area contributed by atoms with Crippen LogP contribution in [0, 0.1) is 6.92 Å². The highest BCUT2D eigenvalue weighted by atomic mass is 32.2. The fraction of sp³-hybridized carbons (Fsp3) is 0.0833. The first-order chi connectivity index (χ1) is 14.2. The highest BCUT2D eigenvalue weighted by Crippen LogP contribution is 2.29. The van der Waals surface area contributed by atoms with Crippen molar-refractivity contribution in [3.63, 3.8) is 0 Å². The number of imidazole rings is 1. The van der Waals surface area contributed by atoms with Crippen molar-refractivity contribution in [2.45, 2.75) is 12.1 Å². The number of nitrogens with one attached hydrogen (secondary N) is 1. The summed E-state index contributed by atoms with van der Waals surface area (Å²) in [6.07, 6.45) is 1.86. The van der Waals surface area contributed by atoms with Gasteiger partial charge in [0.05, 0.1) is 17.6 Å². The van der Waals surface area contributed by atoms with Gasteiger partial charge >= 0.3 is 0 Å². The molecule has 0 saturated heterocycles. The number of thioether (sulfide) groups is 1. The van der Waals surface area contributed by atoms with E-state index in [2.05, 4.69) is 27.0 Å². The van der Waals surface area contributed by atoms with E-state index in [0.717, 1.165) is 33.4 Å². The SMILES string of the molecule is Cc1ccc(NC(=O)CSc2ncc(-c3ccccc3)n2-c2ccccc2)cc1. The predicted molar refractivity (Wildman–Crippen MR) is 120 cm³/mol. The maximum absolute atomic E-state index is 12.4. The highest BCUT2D eigenvalue weighted by molar-refractivity contribution is 7.99. The smallest absolute Gasteiger partial charge is 0.234 e. The summed E-state index contributed by atoms with van der Waals surface area (Å²) >= 11 is 1.43. The molecule has 0 spiro atoms. The first-order valence-electron chi connectivity index (χ1n) is 9.38. The normalized spacial score (nSPS) is 10.7. The molecule has 1 N–H and O–H groups in total. The molecule has 144 valence electrons. The van der Waals surface area contributed by atoms with Gasteiger partial charge in [0.1, 0.15) is 0 Å². The van der Waals surface area contributed by atoms with Crippen LogP contribution in [-0.2, 0) is 4.79 Å². The average Bonchev–Trinajstić information content (AvgIpc) is 3.19. The Kier molecular flexibility index (Phi) is 5.77. The molecule has 1 heterocycles. The summed E-state index contributed by atoms with van der Waals surface area (Å²) < 4.78 is 2.10. The van der Waals surface area contributed by atoms with E-state index >= 15 is 0 Å². The quantitative estimate of drug-likeness (QED) is 0.431. The van der Waals surface area contributed by atoms with Crippen molar-refractivity contribution >= 4 is 23.4 Å². The Balaban J connectivity index is 1.56. The van der Waals surface area contributed by atoms with Crippen LogP contribution < -0.4 is 5.32 Å². The maximum Gasteiger partial charge on any atom is 0.234 e. The summed E-state index contributed by atoms with van der Waals surface area (Å²) in [4.78, 5) is 17.0. The number of carbonyl (C=O) groups excluding carboxylic acids is 1. The predicted octanol–water partition coefficient (Wildman–Crippen LogP) is 5.58. The molecule has 4 aromatic rings. The van der Waals surface area contributed by atoms with Gasteiger partial charge in [0.2, 0.25) is 5.91 Å². The Morgan fingerprint density at radius 2 is 1.59 bits per heavy atom. The molecule has 0 radical (unpaired) electrons. The van der Waals surface area contributed by atoms with Crippen molar-refractivity contribution in [3.05, 3.63) is 96.7 Å². The van der Waals surface area contributed by atoms with Crippen molar-refractivity contribution in [2.24, 2.45) is 0 Å². The third-order valence-electron chi connectivity index (χ3n) is 4.48. The van der Waals surface area contributed by atoms with Crippen LogP contribution in [0.1, 0.15) is 5.56 Å². The summed E-state index contributed by atoms with van der Waals surface area (Å²) in [5.74, 6) is 0.231. The Bertz CT molecular complexity index is 1090. The minimum absolute atomic E-state index is 0.0530. The van der Waals surface area contributed by atoms with Crippen molar-refractivity contribution in [3.8, 4) is 16.9 Å². The molecular formula is C24H21N3OS. The fourth-order valence-corrected chi connectivity index (χ4v) is 3.83. The molecule has 0 aliphatic carbocycles. The maximum atomic E-state index is 12.4. The second-order valence-electron chi connectivity index (χ2n) is 6.67. The zero-order chi connectivity index (χ0) is 20.1. The lowest BCUT2D eigenvalue weighted by Gasteiger charge is -2.12. The summed E-state index contributed by atoms with van der Waals surface area (Å²) in [7, 11) is 0. The number of amides is 1. The second-order valence-corrected chi connectivity index (χ2v) is 7.61. The number of anilines is 1. The largest absolute Gasteiger partial charge is 0.325 e. The number of nitrogens with zero attached hydrogens (tertiary/aromatic N) is 2. The minimum Gasteiger partial charge on any atom is -0.325 e. The lowest BCUT2D eigenvalue weighted by Crippen LogP contribution is -2.14. The number of rotatable bonds is 6. The van der Waals surface area contributed by atoms with Crippen molar-refractivity contribution in [1.29, 1.82) is 0 Å². The molecular weight excluding hydrogens is 378 g/mol. The van der Waals surface area contributed by atoms with Gasteiger partial charge in [0.25, 0.3) is 0 Å². The molecule has 4 rings (SSSR count). The third kappa shape index (κ3) is 4.58. The molecule has 0 bridgehead atoms. The van der Waals surface area contributed by atoms with Gasteiger partial charge in [-0.3, -0.25) is 9.36 Å². The monoisotopic (exact) mass is 399 g/mol. The lowest BCUT2D eigenvalue weighted by atomic mass is 10.1. The molecule has 0 saturated carbocycles. The molecule has 29 heavy (non-hydrogen) atoms. The van der Waals surface area contributed by atoms with E-state index in [1.54, 1.807) is 0 Å². The molecule has 0 atom stereocenters. The Morgan fingerprint density at radius 3 is 2.28 bits per heavy atom. The average molecular weight is 400 g/mol. The van der Waals surface area contributed by atoms with Gasteiger partial charge in [-0.05, 0) is 31.2 Å². The van der Waals surface area contributed by atoms with Crippen molar-refractivity contribution in [1.82, 2.24) is 9.55 Å². The molecule has 0 unspecified atom stereocenters. The van der Waals surface area contributed by atoms with E-state index in [1.807, 2.05) is 85.9 Å². The topological polar surface area (TPSA) is 46.9 Å². The number of hydrogen-bond donors (Lipinski definition) is 1. The number of para-hydroxylation sites is 1. The molecule has 4 nitrogen and oxygen atoms in total. The fourth-order valence-electron chi connectivity index (χ4n) is 3.04. The second kappa shape index (κ2) is 8.80. The molecule has 0 aliphatic heterocycles. The standard InChI is InChI=1S/C24H21N3OS/c1-18-12-14-20(15-13-18)26-23(28)17-29-24-25-16-22(19-8-4-2-5-9-19)27(24)21-10-6-3-7-11-21/h2-16H,17H2,1H3,(H,26,28). The van der Waals surface area contributed by atoms with Gasteiger partial charge in [0.15, 0.2) is 5.16 Å². The van der Waals surface area contributed by atoms with Crippen LogP contribution in [0.25, 0.3) is 16.9 Å². The summed E-state index contributed by atoms with van der Waals surface area (Å²) in [5, 5.41) is 3.73. The van der Waals surface area contributed by atoms with Gasteiger partial charge in [0, 0.05) is 16.9 Å². The van der Waals surface area contributed by atoms with E-state index in [0.29, 0.717) is 0 Å². The molecule has 3 aromatic carbocycles. The van der Waals surface area contributed by atoms with Crippen molar-refractivity contribution in [2.75, 3.05) is 11.1 Å². The van der Waals surface area contributed by atoms with Gasteiger partial charge in [-0.15, -0.1) is 0 Å². The Hall–Kier alpha value is -3.31. The first kappa shape index (κ1) is 19.0. The zero-order valence-electron chi connectivity index (χ0n) is 16.1. The number of aromatic nitrogens is 2. The number of hydrogen-bond acceptors (Lipinski definition) is 3. The zero-order valence-corrected chi connectivity index (χ0v) is 16.9. The number of carbonyl (C=O) groups is 1. The molecule has 0 aliphatic rings. The van der Waals surface area contributed by atoms with E-state index < -0.39 is 0 Å². The van der Waals surface area contributed by atoms with E-state index in [9.17, 15) is 4.79 Å². The lowest BCUT2D eigenvalue weighted by molar-refractivity contribution is -0.113. The van der Waals surface area contributed by atoms with Crippen LogP contribution >= 0.6 is 11.8 Å². The molecule has 5 heteroatoms. The highest BCUT2D eigenvalue weighted by Gasteiger charge is 2.15. The third-order valence-corrected chi connectivity index (χ3v) is 5.43. The first-order valence-corrected chi connectivity index (χ1v) is 10.4. The van der Waals surface area contributed by atoms with E-state index in [4.69, 9.17) is 0 Å². The van der Waals surface area contributed by atoms with Gasteiger partial charge in [-0.1, -0.05) is 78.0 Å². The van der Waals surface area contributed by atoms with Gasteiger partial charge in [-0.25, -0.2) is 4.98 Å². The van der Waals surface area contributed by atoms with E-state index in [-0.39, 0.29) is 11.7 Å².